The molecule has 0 aromatic heterocycles. The zero-order valence-electron chi connectivity index (χ0n) is 15.1. The van der Waals surface area contributed by atoms with E-state index in [1.165, 1.54) is 7.11 Å². The van der Waals surface area contributed by atoms with Crippen molar-refractivity contribution in [2.45, 2.75) is 45.8 Å². The average molecular weight is 373 g/mol. The maximum atomic E-state index is 11.8. The lowest BCUT2D eigenvalue weighted by molar-refractivity contribution is -0.139. The SMILES string of the molecule is COc1cc(CNC(C)C(=O)O)c(Cl)cc1OCC(=O)NC(C)(C)C. The van der Waals surface area contributed by atoms with Gasteiger partial charge in [-0.05, 0) is 39.3 Å². The van der Waals surface area contributed by atoms with Gasteiger partial charge in [0.25, 0.3) is 5.91 Å². The lowest BCUT2D eigenvalue weighted by atomic mass is 10.1. The van der Waals surface area contributed by atoms with Crippen LogP contribution in [0.15, 0.2) is 12.1 Å². The Hall–Kier alpha value is -1.99. The first-order valence-corrected chi connectivity index (χ1v) is 8.17. The van der Waals surface area contributed by atoms with Crippen LogP contribution in [0.2, 0.25) is 5.02 Å². The third kappa shape index (κ3) is 7.19. The highest BCUT2D eigenvalue weighted by Crippen LogP contribution is 2.33. The Kier molecular flexibility index (Phi) is 7.51. The number of aliphatic carboxylic acids is 1. The summed E-state index contributed by atoms with van der Waals surface area (Å²) in [6.07, 6.45) is 0. The fourth-order valence-corrected chi connectivity index (χ4v) is 2.15. The van der Waals surface area contributed by atoms with E-state index in [4.69, 9.17) is 26.2 Å². The number of nitrogens with one attached hydrogen (secondary N) is 2. The number of hydrogen-bond acceptors (Lipinski definition) is 5. The number of carboxylic acids is 1. The third-order valence-corrected chi connectivity index (χ3v) is 3.53. The van der Waals surface area contributed by atoms with Crippen LogP contribution >= 0.6 is 11.6 Å². The van der Waals surface area contributed by atoms with Gasteiger partial charge in [-0.25, -0.2) is 0 Å². The van der Waals surface area contributed by atoms with Crippen molar-refractivity contribution in [1.82, 2.24) is 10.6 Å². The number of amides is 1. The second-order valence-electron chi connectivity index (χ2n) is 6.62. The molecule has 0 bridgehead atoms. The minimum absolute atomic E-state index is 0.169. The van der Waals surface area contributed by atoms with E-state index < -0.39 is 12.0 Å². The molecular formula is C17H25ClN2O5. The average Bonchev–Trinajstić information content (AvgIpc) is 2.49. The third-order valence-electron chi connectivity index (χ3n) is 3.17. The molecule has 1 aromatic rings. The van der Waals surface area contributed by atoms with Crippen molar-refractivity contribution in [1.29, 1.82) is 0 Å². The largest absolute Gasteiger partial charge is 0.493 e. The van der Waals surface area contributed by atoms with Crippen molar-refractivity contribution < 1.29 is 24.2 Å². The van der Waals surface area contributed by atoms with Gasteiger partial charge in [0.05, 0.1) is 7.11 Å². The van der Waals surface area contributed by atoms with Gasteiger partial charge >= 0.3 is 5.97 Å². The number of carboxylic acid groups (broad SMARTS) is 1. The van der Waals surface area contributed by atoms with Crippen LogP contribution < -0.4 is 20.1 Å². The fraction of sp³-hybridized carbons (Fsp3) is 0.529. The molecule has 0 saturated heterocycles. The van der Waals surface area contributed by atoms with Crippen LogP contribution in [0.4, 0.5) is 0 Å². The molecule has 0 radical (unpaired) electrons. The highest BCUT2D eigenvalue weighted by molar-refractivity contribution is 6.31. The van der Waals surface area contributed by atoms with E-state index in [2.05, 4.69) is 10.6 Å². The maximum Gasteiger partial charge on any atom is 0.320 e. The Bertz CT molecular complexity index is 628. The van der Waals surface area contributed by atoms with Gasteiger partial charge in [0.15, 0.2) is 18.1 Å². The quantitative estimate of drug-likeness (QED) is 0.647. The van der Waals surface area contributed by atoms with Gasteiger partial charge in [-0.15, -0.1) is 0 Å². The molecule has 0 aliphatic carbocycles. The van der Waals surface area contributed by atoms with Gasteiger partial charge in [-0.3, -0.25) is 9.59 Å². The predicted molar refractivity (Wildman–Crippen MR) is 95.3 cm³/mol. The van der Waals surface area contributed by atoms with Crippen molar-refractivity contribution in [2.24, 2.45) is 0 Å². The molecule has 1 unspecified atom stereocenters. The second-order valence-corrected chi connectivity index (χ2v) is 7.03. The van der Waals surface area contributed by atoms with E-state index in [9.17, 15) is 9.59 Å². The first-order valence-electron chi connectivity index (χ1n) is 7.80. The van der Waals surface area contributed by atoms with Crippen LogP contribution in [0.3, 0.4) is 0 Å². The lowest BCUT2D eigenvalue weighted by Crippen LogP contribution is -2.43. The standard InChI is InChI=1S/C17H25ClN2O5/c1-10(16(22)23)19-8-11-6-13(24-5)14(7-12(11)18)25-9-15(21)20-17(2,3)4/h6-7,10,19H,8-9H2,1-5H3,(H,20,21)(H,22,23). The number of halogens is 1. The molecular weight excluding hydrogens is 348 g/mol. The summed E-state index contributed by atoms with van der Waals surface area (Å²) in [6, 6.07) is 2.49. The number of benzene rings is 1. The Morgan fingerprint density at radius 3 is 2.44 bits per heavy atom. The van der Waals surface area contributed by atoms with Crippen LogP contribution in [-0.4, -0.2) is 42.3 Å². The van der Waals surface area contributed by atoms with Crippen LogP contribution in [-0.2, 0) is 16.1 Å². The number of methoxy groups -OCH3 is 1. The normalized spacial score (nSPS) is 12.4. The molecule has 1 atom stereocenters. The van der Waals surface area contributed by atoms with Gasteiger partial charge in [0, 0.05) is 23.2 Å². The monoisotopic (exact) mass is 372 g/mol. The predicted octanol–water partition coefficient (Wildman–Crippen LogP) is 2.20. The maximum absolute atomic E-state index is 11.8. The van der Waals surface area contributed by atoms with Crippen LogP contribution in [0.25, 0.3) is 0 Å². The highest BCUT2D eigenvalue weighted by Gasteiger charge is 2.17. The summed E-state index contributed by atoms with van der Waals surface area (Å²) in [6.45, 7) is 7.26. The molecule has 8 heteroatoms. The van der Waals surface area contributed by atoms with Crippen molar-refractivity contribution in [3.8, 4) is 11.5 Å². The van der Waals surface area contributed by atoms with Crippen LogP contribution in [0, 0.1) is 0 Å². The van der Waals surface area contributed by atoms with E-state index in [-0.39, 0.29) is 24.6 Å². The van der Waals surface area contributed by atoms with E-state index in [0.29, 0.717) is 22.1 Å². The molecule has 0 aliphatic rings. The summed E-state index contributed by atoms with van der Waals surface area (Å²) in [5, 5.41) is 14.9. The van der Waals surface area contributed by atoms with Gasteiger partial charge in [0.1, 0.15) is 6.04 Å². The van der Waals surface area contributed by atoms with E-state index in [1.807, 2.05) is 20.8 Å². The molecule has 0 fully saturated rings. The van der Waals surface area contributed by atoms with Gasteiger partial charge in [-0.2, -0.15) is 0 Å². The minimum Gasteiger partial charge on any atom is -0.493 e. The molecule has 0 heterocycles. The molecule has 1 amide bonds. The van der Waals surface area contributed by atoms with Crippen LogP contribution in [0.1, 0.15) is 33.3 Å². The molecule has 7 nitrogen and oxygen atoms in total. The minimum atomic E-state index is -0.951. The second kappa shape index (κ2) is 8.92. The van der Waals surface area contributed by atoms with E-state index >= 15 is 0 Å². The first-order chi connectivity index (χ1) is 11.5. The Morgan fingerprint density at radius 1 is 1.28 bits per heavy atom. The summed E-state index contributed by atoms with van der Waals surface area (Å²) in [7, 11) is 1.47. The fourth-order valence-electron chi connectivity index (χ4n) is 1.93. The zero-order chi connectivity index (χ0) is 19.2. The number of hydrogen-bond donors (Lipinski definition) is 3. The number of rotatable bonds is 8. The van der Waals surface area contributed by atoms with Crippen molar-refractivity contribution in [2.75, 3.05) is 13.7 Å². The summed E-state index contributed by atoms with van der Waals surface area (Å²) >= 11 is 6.22. The van der Waals surface area contributed by atoms with Crippen molar-refractivity contribution in [3.63, 3.8) is 0 Å². The molecule has 25 heavy (non-hydrogen) atoms. The van der Waals surface area contributed by atoms with E-state index in [0.717, 1.165) is 0 Å². The Labute approximate surface area is 152 Å². The van der Waals surface area contributed by atoms with Gasteiger partial charge < -0.3 is 25.2 Å². The van der Waals surface area contributed by atoms with Crippen molar-refractivity contribution in [3.05, 3.63) is 22.7 Å². The summed E-state index contributed by atoms with van der Waals surface area (Å²) in [5.74, 6) is -0.459. The first kappa shape index (κ1) is 21.1. The highest BCUT2D eigenvalue weighted by atomic mass is 35.5. The molecule has 3 N–H and O–H groups in total. The van der Waals surface area contributed by atoms with E-state index in [1.54, 1.807) is 19.1 Å². The smallest absolute Gasteiger partial charge is 0.320 e. The summed E-state index contributed by atoms with van der Waals surface area (Å²) < 4.78 is 10.8. The Balaban J connectivity index is 2.80. The zero-order valence-corrected chi connectivity index (χ0v) is 15.9. The molecule has 0 spiro atoms. The Morgan fingerprint density at radius 2 is 1.92 bits per heavy atom. The summed E-state index contributed by atoms with van der Waals surface area (Å²) in [5.41, 5.74) is 0.316. The summed E-state index contributed by atoms with van der Waals surface area (Å²) in [4.78, 5) is 22.7. The van der Waals surface area contributed by atoms with Crippen LogP contribution in [0.5, 0.6) is 11.5 Å². The lowest BCUT2D eigenvalue weighted by Gasteiger charge is -2.21. The van der Waals surface area contributed by atoms with Crippen molar-refractivity contribution >= 4 is 23.5 Å². The number of carbonyl (C=O) groups excluding carboxylic acids is 1. The topological polar surface area (TPSA) is 96.9 Å². The van der Waals surface area contributed by atoms with Gasteiger partial charge in [0.2, 0.25) is 0 Å². The molecule has 1 aromatic carbocycles. The molecule has 0 aliphatic heterocycles. The number of carbonyl (C=O) groups is 2. The van der Waals surface area contributed by atoms with Gasteiger partial charge in [-0.1, -0.05) is 11.6 Å². The molecule has 1 rings (SSSR count). The number of ether oxygens (including phenoxy) is 2. The molecule has 0 saturated carbocycles. The molecule has 140 valence electrons.